The summed E-state index contributed by atoms with van der Waals surface area (Å²) in [7, 11) is 0. The molecule has 0 atom stereocenters. The van der Waals surface area contributed by atoms with Crippen molar-refractivity contribution in [1.82, 2.24) is 10.2 Å². The summed E-state index contributed by atoms with van der Waals surface area (Å²) in [5, 5.41) is 3.17. The zero-order valence-electron chi connectivity index (χ0n) is 10.5. The van der Waals surface area contributed by atoms with Crippen LogP contribution in [0.25, 0.3) is 0 Å². The minimum absolute atomic E-state index is 0.602. The monoisotopic (exact) mass is 226 g/mol. The number of aliphatic imine (C=N–C) groups is 1. The lowest BCUT2D eigenvalue weighted by atomic mass is 10.1. The number of nitrogens with two attached hydrogens (primary N) is 1. The summed E-state index contributed by atoms with van der Waals surface area (Å²) < 4.78 is 0. The van der Waals surface area contributed by atoms with E-state index in [2.05, 4.69) is 22.1 Å². The second-order valence-corrected chi connectivity index (χ2v) is 4.45. The van der Waals surface area contributed by atoms with Gasteiger partial charge in [-0.25, -0.2) is 0 Å². The molecule has 0 saturated carbocycles. The average Bonchev–Trinajstić information content (AvgIpc) is 2.31. The third kappa shape index (κ3) is 5.95. The molecule has 1 rings (SSSR count). The highest BCUT2D eigenvalue weighted by atomic mass is 15.2. The van der Waals surface area contributed by atoms with Gasteiger partial charge in [-0.15, -0.1) is 0 Å². The number of hydrogen-bond donors (Lipinski definition) is 2. The first kappa shape index (κ1) is 13.3. The zero-order chi connectivity index (χ0) is 11.6. The molecular formula is C12H26N4. The highest BCUT2D eigenvalue weighted by molar-refractivity contribution is 5.77. The van der Waals surface area contributed by atoms with Gasteiger partial charge in [0.2, 0.25) is 0 Å². The molecule has 0 aliphatic carbocycles. The average molecular weight is 226 g/mol. The molecule has 1 aliphatic rings. The third-order valence-corrected chi connectivity index (χ3v) is 2.98. The third-order valence-electron chi connectivity index (χ3n) is 2.98. The molecule has 1 aliphatic heterocycles. The number of rotatable bonds is 6. The van der Waals surface area contributed by atoms with Crippen LogP contribution in [-0.4, -0.2) is 43.6 Å². The maximum absolute atomic E-state index is 5.75. The smallest absolute Gasteiger partial charge is 0.188 e. The molecule has 0 aromatic carbocycles. The van der Waals surface area contributed by atoms with Gasteiger partial charge in [-0.2, -0.15) is 0 Å². The van der Waals surface area contributed by atoms with Crippen LogP contribution >= 0.6 is 0 Å². The first-order chi connectivity index (χ1) is 7.83. The van der Waals surface area contributed by atoms with E-state index in [1.807, 2.05) is 0 Å². The molecule has 0 unspecified atom stereocenters. The minimum Gasteiger partial charge on any atom is -0.370 e. The first-order valence-corrected chi connectivity index (χ1v) is 6.59. The largest absolute Gasteiger partial charge is 0.370 e. The van der Waals surface area contributed by atoms with Gasteiger partial charge in [0, 0.05) is 19.6 Å². The van der Waals surface area contributed by atoms with Gasteiger partial charge in [-0.3, -0.25) is 4.99 Å². The number of hydrogen-bond acceptors (Lipinski definition) is 2. The Balaban J connectivity index is 2.02. The van der Waals surface area contributed by atoms with Crippen molar-refractivity contribution < 1.29 is 0 Å². The number of likely N-dealkylation sites (tertiary alicyclic amines) is 1. The second-order valence-electron chi connectivity index (χ2n) is 4.45. The Hall–Kier alpha value is -0.770. The second kappa shape index (κ2) is 8.39. The molecule has 1 fully saturated rings. The van der Waals surface area contributed by atoms with Gasteiger partial charge in [0.15, 0.2) is 5.96 Å². The predicted octanol–water partition coefficient (Wildman–Crippen LogP) is 1.18. The number of nitrogens with zero attached hydrogens (tertiary/aromatic N) is 2. The van der Waals surface area contributed by atoms with Crippen LogP contribution in [0.15, 0.2) is 4.99 Å². The van der Waals surface area contributed by atoms with Gasteiger partial charge < -0.3 is 16.0 Å². The van der Waals surface area contributed by atoms with Crippen molar-refractivity contribution in [2.45, 2.75) is 39.0 Å². The van der Waals surface area contributed by atoms with Gasteiger partial charge in [0.25, 0.3) is 0 Å². The zero-order valence-corrected chi connectivity index (χ0v) is 10.5. The van der Waals surface area contributed by atoms with Gasteiger partial charge >= 0.3 is 0 Å². The van der Waals surface area contributed by atoms with Crippen LogP contribution in [0, 0.1) is 0 Å². The predicted molar refractivity (Wildman–Crippen MR) is 69.7 cm³/mol. The van der Waals surface area contributed by atoms with Gasteiger partial charge in [0.05, 0.1) is 0 Å². The Bertz CT molecular complexity index is 197. The van der Waals surface area contributed by atoms with Crippen LogP contribution in [0.5, 0.6) is 0 Å². The Morgan fingerprint density at radius 3 is 2.75 bits per heavy atom. The fourth-order valence-electron chi connectivity index (χ4n) is 1.94. The van der Waals surface area contributed by atoms with Gasteiger partial charge in [-0.1, -0.05) is 19.8 Å². The molecule has 4 heteroatoms. The highest BCUT2D eigenvalue weighted by Gasteiger charge is 2.08. The number of piperidine rings is 1. The van der Waals surface area contributed by atoms with Crippen molar-refractivity contribution in [2.24, 2.45) is 10.7 Å². The number of unbranched alkanes of at least 4 members (excludes halogenated alkanes) is 1. The SMILES string of the molecule is CCCCN=C(N)NCCN1CCCCC1. The highest BCUT2D eigenvalue weighted by Crippen LogP contribution is 2.07. The molecule has 16 heavy (non-hydrogen) atoms. The summed E-state index contributed by atoms with van der Waals surface area (Å²) in [6.45, 7) is 7.50. The molecule has 94 valence electrons. The number of nitrogens with one attached hydrogen (secondary N) is 1. The van der Waals surface area contributed by atoms with Crippen molar-refractivity contribution in [3.05, 3.63) is 0 Å². The van der Waals surface area contributed by atoms with Crippen LogP contribution in [-0.2, 0) is 0 Å². The maximum atomic E-state index is 5.75. The molecule has 0 aromatic rings. The molecule has 4 nitrogen and oxygen atoms in total. The summed E-state index contributed by atoms with van der Waals surface area (Å²) in [6, 6.07) is 0. The van der Waals surface area contributed by atoms with Crippen LogP contribution in [0.2, 0.25) is 0 Å². The van der Waals surface area contributed by atoms with Crippen molar-refractivity contribution in [2.75, 3.05) is 32.7 Å². The molecule has 0 spiro atoms. The van der Waals surface area contributed by atoms with Gasteiger partial charge in [0.1, 0.15) is 0 Å². The maximum Gasteiger partial charge on any atom is 0.188 e. The van der Waals surface area contributed by atoms with E-state index < -0.39 is 0 Å². The molecule has 0 radical (unpaired) electrons. The standard InChI is InChI=1S/C12H26N4/c1-2-3-7-14-12(13)15-8-11-16-9-5-4-6-10-16/h2-11H2,1H3,(H3,13,14,15). The van der Waals surface area contributed by atoms with Gasteiger partial charge in [-0.05, 0) is 32.4 Å². The minimum atomic E-state index is 0.602. The normalized spacial score (nSPS) is 18.7. The quantitative estimate of drug-likeness (QED) is 0.406. The lowest BCUT2D eigenvalue weighted by Crippen LogP contribution is -2.40. The van der Waals surface area contributed by atoms with E-state index in [0.717, 1.165) is 26.1 Å². The fourth-order valence-corrected chi connectivity index (χ4v) is 1.94. The van der Waals surface area contributed by atoms with E-state index in [1.165, 1.54) is 38.8 Å². The molecule has 1 heterocycles. The Morgan fingerprint density at radius 1 is 1.31 bits per heavy atom. The van der Waals surface area contributed by atoms with Crippen LogP contribution in [0.4, 0.5) is 0 Å². The van der Waals surface area contributed by atoms with E-state index >= 15 is 0 Å². The summed E-state index contributed by atoms with van der Waals surface area (Å²) in [6.07, 6.45) is 6.38. The van der Waals surface area contributed by atoms with Crippen LogP contribution in [0.1, 0.15) is 39.0 Å². The molecule has 0 bridgehead atoms. The molecule has 3 N–H and O–H groups in total. The van der Waals surface area contributed by atoms with E-state index in [0.29, 0.717) is 5.96 Å². The van der Waals surface area contributed by atoms with Crippen molar-refractivity contribution in [1.29, 1.82) is 0 Å². The lowest BCUT2D eigenvalue weighted by Gasteiger charge is -2.26. The first-order valence-electron chi connectivity index (χ1n) is 6.59. The number of guanidine groups is 1. The Morgan fingerprint density at radius 2 is 2.06 bits per heavy atom. The molecule has 0 amide bonds. The van der Waals surface area contributed by atoms with Crippen LogP contribution < -0.4 is 11.1 Å². The molecular weight excluding hydrogens is 200 g/mol. The summed E-state index contributed by atoms with van der Waals surface area (Å²) in [5.41, 5.74) is 5.75. The van der Waals surface area contributed by atoms with Crippen LogP contribution in [0.3, 0.4) is 0 Å². The van der Waals surface area contributed by atoms with Crippen molar-refractivity contribution in [3.63, 3.8) is 0 Å². The summed E-state index contributed by atoms with van der Waals surface area (Å²) >= 11 is 0. The summed E-state index contributed by atoms with van der Waals surface area (Å²) in [4.78, 5) is 6.76. The Kier molecular flexibility index (Phi) is 6.97. The summed E-state index contributed by atoms with van der Waals surface area (Å²) in [5.74, 6) is 0.602. The lowest BCUT2D eigenvalue weighted by molar-refractivity contribution is 0.232. The fraction of sp³-hybridized carbons (Fsp3) is 0.917. The van der Waals surface area contributed by atoms with E-state index in [1.54, 1.807) is 0 Å². The topological polar surface area (TPSA) is 53.6 Å². The molecule has 0 aromatic heterocycles. The molecule has 1 saturated heterocycles. The Labute approximate surface area is 99.3 Å². The van der Waals surface area contributed by atoms with Crippen molar-refractivity contribution >= 4 is 5.96 Å². The van der Waals surface area contributed by atoms with E-state index in [4.69, 9.17) is 5.73 Å². The van der Waals surface area contributed by atoms with E-state index in [9.17, 15) is 0 Å². The van der Waals surface area contributed by atoms with E-state index in [-0.39, 0.29) is 0 Å². The van der Waals surface area contributed by atoms with Crippen molar-refractivity contribution in [3.8, 4) is 0 Å².